The molecule has 2 N–H and O–H groups in total. The molecule has 0 aromatic carbocycles. The highest BCUT2D eigenvalue weighted by Gasteiger charge is 2.50. The highest BCUT2D eigenvalue weighted by Crippen LogP contribution is 2.58. The van der Waals surface area contributed by atoms with Gasteiger partial charge in [0.25, 0.3) is 0 Å². The summed E-state index contributed by atoms with van der Waals surface area (Å²) in [6.45, 7) is 9.57. The third kappa shape index (κ3) is 4.22. The van der Waals surface area contributed by atoms with Crippen LogP contribution in [0.5, 0.6) is 0 Å². The molecule has 0 saturated heterocycles. The van der Waals surface area contributed by atoms with Crippen molar-refractivity contribution in [1.82, 2.24) is 4.98 Å². The predicted molar refractivity (Wildman–Crippen MR) is 88.9 cm³/mol. The van der Waals surface area contributed by atoms with Crippen molar-refractivity contribution in [1.29, 1.82) is 0 Å². The van der Waals surface area contributed by atoms with E-state index in [2.05, 4.69) is 24.1 Å². The summed E-state index contributed by atoms with van der Waals surface area (Å²) < 4.78 is 5.20. The van der Waals surface area contributed by atoms with Crippen LogP contribution in [0.1, 0.15) is 59.1 Å². The minimum absolute atomic E-state index is 0.102. The molecule has 6 nitrogen and oxygen atoms in total. The zero-order valence-electron chi connectivity index (χ0n) is 14.2. The number of aliphatic carboxylic acids is 1. The van der Waals surface area contributed by atoms with E-state index >= 15 is 0 Å². The SMILES string of the molecule is CC(C)(C)OC(=O)Nc1nc([C@@H]2C[C@H](CC(=O)O)C2(C)C)cs1. The molecule has 0 radical (unpaired) electrons. The lowest BCUT2D eigenvalue weighted by Crippen LogP contribution is -2.44. The highest BCUT2D eigenvalue weighted by molar-refractivity contribution is 7.13. The molecule has 1 saturated carbocycles. The number of aromatic nitrogens is 1. The average molecular weight is 340 g/mol. The van der Waals surface area contributed by atoms with Gasteiger partial charge in [-0.05, 0) is 38.5 Å². The number of nitrogens with one attached hydrogen (secondary N) is 1. The van der Waals surface area contributed by atoms with Crippen molar-refractivity contribution in [2.45, 2.75) is 59.0 Å². The summed E-state index contributed by atoms with van der Waals surface area (Å²) in [6.07, 6.45) is 0.487. The second kappa shape index (κ2) is 6.11. The van der Waals surface area contributed by atoms with Crippen LogP contribution in [-0.4, -0.2) is 27.8 Å². The van der Waals surface area contributed by atoms with E-state index in [1.54, 1.807) is 20.8 Å². The summed E-state index contributed by atoms with van der Waals surface area (Å²) in [7, 11) is 0. The van der Waals surface area contributed by atoms with Gasteiger partial charge in [0.1, 0.15) is 5.60 Å². The molecule has 7 heteroatoms. The molecule has 1 aliphatic rings. The second-order valence-electron chi connectivity index (χ2n) is 7.61. The number of carbonyl (C=O) groups is 2. The summed E-state index contributed by atoms with van der Waals surface area (Å²) in [5.41, 5.74) is 0.257. The molecule has 1 heterocycles. The third-order valence-electron chi connectivity index (χ3n) is 4.38. The Morgan fingerprint density at radius 1 is 1.48 bits per heavy atom. The average Bonchev–Trinajstić information content (AvgIpc) is 2.78. The second-order valence-corrected chi connectivity index (χ2v) is 8.47. The van der Waals surface area contributed by atoms with Gasteiger partial charge in [-0.15, -0.1) is 11.3 Å². The molecule has 1 aromatic rings. The van der Waals surface area contributed by atoms with E-state index in [4.69, 9.17) is 9.84 Å². The van der Waals surface area contributed by atoms with E-state index in [0.29, 0.717) is 5.13 Å². The summed E-state index contributed by atoms with van der Waals surface area (Å²) in [4.78, 5) is 27.1. The van der Waals surface area contributed by atoms with E-state index in [9.17, 15) is 9.59 Å². The van der Waals surface area contributed by atoms with E-state index < -0.39 is 17.7 Å². The third-order valence-corrected chi connectivity index (χ3v) is 5.15. The van der Waals surface area contributed by atoms with Crippen LogP contribution in [0.2, 0.25) is 0 Å². The Labute approximate surface area is 140 Å². The van der Waals surface area contributed by atoms with Crippen LogP contribution in [0.4, 0.5) is 9.93 Å². The van der Waals surface area contributed by atoms with Crippen LogP contribution in [0.15, 0.2) is 5.38 Å². The van der Waals surface area contributed by atoms with Crippen molar-refractivity contribution < 1.29 is 19.4 Å². The normalized spacial score (nSPS) is 23.0. The molecular formula is C16H24N2O4S. The molecule has 128 valence electrons. The molecule has 0 unspecified atom stereocenters. The van der Waals surface area contributed by atoms with Crippen LogP contribution in [0, 0.1) is 11.3 Å². The molecule has 1 aromatic heterocycles. The van der Waals surface area contributed by atoms with Gasteiger partial charge < -0.3 is 9.84 Å². The van der Waals surface area contributed by atoms with Gasteiger partial charge in [0.05, 0.1) is 5.69 Å². The van der Waals surface area contributed by atoms with Gasteiger partial charge in [-0.1, -0.05) is 13.8 Å². The smallest absolute Gasteiger partial charge is 0.413 e. The Morgan fingerprint density at radius 3 is 2.65 bits per heavy atom. The predicted octanol–water partition coefficient (Wildman–Crippen LogP) is 4.09. The molecule has 0 aliphatic heterocycles. The molecule has 0 bridgehead atoms. The summed E-state index contributed by atoms with van der Waals surface area (Å²) in [5.74, 6) is -0.377. The number of thiazole rings is 1. The molecule has 1 amide bonds. The van der Waals surface area contributed by atoms with E-state index in [-0.39, 0.29) is 23.7 Å². The minimum Gasteiger partial charge on any atom is -0.481 e. The Balaban J connectivity index is 1.98. The Kier molecular flexibility index (Phi) is 4.71. The first-order valence-electron chi connectivity index (χ1n) is 7.66. The molecule has 2 atom stereocenters. The molecular weight excluding hydrogens is 316 g/mol. The summed E-state index contributed by atoms with van der Waals surface area (Å²) >= 11 is 1.36. The molecule has 0 spiro atoms. The van der Waals surface area contributed by atoms with Gasteiger partial charge in [0, 0.05) is 17.7 Å². The minimum atomic E-state index is -0.757. The molecule has 1 fully saturated rings. The van der Waals surface area contributed by atoms with Gasteiger partial charge in [0.15, 0.2) is 5.13 Å². The molecule has 23 heavy (non-hydrogen) atoms. The topological polar surface area (TPSA) is 88.5 Å². The van der Waals surface area contributed by atoms with Crippen molar-refractivity contribution in [2.24, 2.45) is 11.3 Å². The largest absolute Gasteiger partial charge is 0.481 e. The maximum absolute atomic E-state index is 11.8. The van der Waals surface area contributed by atoms with Crippen molar-refractivity contribution in [3.8, 4) is 0 Å². The first kappa shape index (κ1) is 17.7. The van der Waals surface area contributed by atoms with E-state index in [0.717, 1.165) is 12.1 Å². The van der Waals surface area contributed by atoms with Gasteiger partial charge in [-0.25, -0.2) is 9.78 Å². The number of hydrogen-bond donors (Lipinski definition) is 2. The van der Waals surface area contributed by atoms with Crippen LogP contribution < -0.4 is 5.32 Å². The number of anilines is 1. The number of carboxylic acid groups (broad SMARTS) is 1. The van der Waals surface area contributed by atoms with Crippen LogP contribution in [0.25, 0.3) is 0 Å². The number of carboxylic acids is 1. The Bertz CT molecular complexity index is 603. The summed E-state index contributed by atoms with van der Waals surface area (Å²) in [6, 6.07) is 0. The number of hydrogen-bond acceptors (Lipinski definition) is 5. The van der Waals surface area contributed by atoms with Crippen LogP contribution in [-0.2, 0) is 9.53 Å². The molecule has 2 rings (SSSR count). The first-order valence-corrected chi connectivity index (χ1v) is 8.54. The Hall–Kier alpha value is -1.63. The molecule has 1 aliphatic carbocycles. The van der Waals surface area contributed by atoms with Gasteiger partial charge in [-0.2, -0.15) is 0 Å². The van der Waals surface area contributed by atoms with Gasteiger partial charge in [-0.3, -0.25) is 10.1 Å². The number of rotatable bonds is 4. The van der Waals surface area contributed by atoms with E-state index in [1.807, 2.05) is 5.38 Å². The number of ether oxygens (including phenoxy) is 1. The van der Waals surface area contributed by atoms with Crippen molar-refractivity contribution in [3.63, 3.8) is 0 Å². The fraction of sp³-hybridized carbons (Fsp3) is 0.688. The lowest BCUT2D eigenvalue weighted by Gasteiger charge is -2.51. The zero-order valence-corrected chi connectivity index (χ0v) is 15.0. The lowest BCUT2D eigenvalue weighted by atomic mass is 9.53. The first-order chi connectivity index (χ1) is 10.5. The lowest BCUT2D eigenvalue weighted by molar-refractivity contribution is -0.141. The maximum Gasteiger partial charge on any atom is 0.413 e. The van der Waals surface area contributed by atoms with Crippen molar-refractivity contribution in [2.75, 3.05) is 5.32 Å². The number of amides is 1. The van der Waals surface area contributed by atoms with Crippen LogP contribution in [0.3, 0.4) is 0 Å². The van der Waals surface area contributed by atoms with Gasteiger partial charge in [0.2, 0.25) is 0 Å². The van der Waals surface area contributed by atoms with Crippen molar-refractivity contribution in [3.05, 3.63) is 11.1 Å². The fourth-order valence-electron chi connectivity index (χ4n) is 2.97. The van der Waals surface area contributed by atoms with Crippen LogP contribution >= 0.6 is 11.3 Å². The number of carbonyl (C=O) groups excluding carboxylic acids is 1. The monoisotopic (exact) mass is 340 g/mol. The highest BCUT2D eigenvalue weighted by atomic mass is 32.1. The number of nitrogens with zero attached hydrogens (tertiary/aromatic N) is 1. The van der Waals surface area contributed by atoms with E-state index in [1.165, 1.54) is 11.3 Å². The Morgan fingerprint density at radius 2 is 2.13 bits per heavy atom. The summed E-state index contributed by atoms with van der Waals surface area (Å²) in [5, 5.41) is 14.0. The zero-order chi connectivity index (χ0) is 17.4. The fourth-order valence-corrected chi connectivity index (χ4v) is 3.72. The van der Waals surface area contributed by atoms with Gasteiger partial charge >= 0.3 is 12.1 Å². The van der Waals surface area contributed by atoms with Crippen molar-refractivity contribution >= 4 is 28.5 Å². The quantitative estimate of drug-likeness (QED) is 0.861. The maximum atomic E-state index is 11.8. The standard InChI is InChI=1S/C16H24N2O4S/c1-15(2,3)22-14(21)18-13-17-11(8-23-13)10-6-9(7-12(19)20)16(10,4)5/h8-10H,6-7H2,1-5H3,(H,19,20)(H,17,18,21)/t9-,10+/m1/s1.